The number of carboxylic acids is 1. The quantitative estimate of drug-likeness (QED) is 0.788. The molecule has 1 heterocycles. The second-order valence-corrected chi connectivity index (χ2v) is 6.27. The van der Waals surface area contributed by atoms with Gasteiger partial charge in [-0.1, -0.05) is 17.4 Å². The van der Waals surface area contributed by atoms with Crippen LogP contribution in [0.2, 0.25) is 0 Å². The molecule has 1 aromatic carbocycles. The molecule has 0 aliphatic heterocycles. The first-order chi connectivity index (χ1) is 10.5. The molecule has 0 radical (unpaired) electrons. The van der Waals surface area contributed by atoms with E-state index >= 15 is 0 Å². The number of hydrogen-bond acceptors (Lipinski definition) is 5. The van der Waals surface area contributed by atoms with E-state index in [4.69, 9.17) is 5.11 Å². The molecule has 0 saturated heterocycles. The minimum absolute atomic E-state index is 0.140. The van der Waals surface area contributed by atoms with Crippen molar-refractivity contribution < 1.29 is 14.7 Å². The van der Waals surface area contributed by atoms with E-state index in [1.807, 2.05) is 6.92 Å². The van der Waals surface area contributed by atoms with E-state index in [0.29, 0.717) is 16.6 Å². The summed E-state index contributed by atoms with van der Waals surface area (Å²) in [6, 6.07) is 5.13. The summed E-state index contributed by atoms with van der Waals surface area (Å²) >= 11 is 1.29. The highest BCUT2D eigenvalue weighted by molar-refractivity contribution is 7.17. The molecule has 1 saturated carbocycles. The van der Waals surface area contributed by atoms with E-state index in [0.717, 1.165) is 23.5 Å². The number of nitrogens with one attached hydrogen (secondary N) is 2. The van der Waals surface area contributed by atoms with E-state index < -0.39 is 5.97 Å². The molecule has 3 rings (SSSR count). The number of hydrogen-bond donors (Lipinski definition) is 3. The number of thiazole rings is 1. The molecule has 1 fully saturated rings. The van der Waals surface area contributed by atoms with Crippen molar-refractivity contribution in [3.8, 4) is 0 Å². The van der Waals surface area contributed by atoms with Crippen molar-refractivity contribution in [2.24, 2.45) is 0 Å². The zero-order valence-corrected chi connectivity index (χ0v) is 12.7. The fourth-order valence-corrected chi connectivity index (χ4v) is 2.71. The highest BCUT2D eigenvalue weighted by Crippen LogP contribution is 2.28. The van der Waals surface area contributed by atoms with Crippen molar-refractivity contribution in [1.82, 2.24) is 4.98 Å². The molecule has 1 aliphatic rings. The number of carbonyl (C=O) groups excluding carboxylic acids is 1. The van der Waals surface area contributed by atoms with E-state index in [1.165, 1.54) is 29.7 Å². The maximum atomic E-state index is 12.2. The molecule has 0 bridgehead atoms. The minimum atomic E-state index is -1.02. The van der Waals surface area contributed by atoms with Gasteiger partial charge < -0.3 is 15.7 Å². The Morgan fingerprint density at radius 1 is 1.36 bits per heavy atom. The number of amides is 1. The summed E-state index contributed by atoms with van der Waals surface area (Å²) in [7, 11) is 0. The van der Waals surface area contributed by atoms with Crippen LogP contribution in [0.4, 0.5) is 10.8 Å². The van der Waals surface area contributed by atoms with Gasteiger partial charge in [-0.2, -0.15) is 0 Å². The molecule has 22 heavy (non-hydrogen) atoms. The van der Waals surface area contributed by atoms with Gasteiger partial charge >= 0.3 is 5.97 Å². The molecule has 7 heteroatoms. The number of aromatic carboxylic acids is 1. The number of aryl methyl sites for hydroxylation is 1. The van der Waals surface area contributed by atoms with Crippen molar-refractivity contribution in [3.05, 3.63) is 40.4 Å². The van der Waals surface area contributed by atoms with Crippen molar-refractivity contribution in [1.29, 1.82) is 0 Å². The predicted octanol–water partition coefficient (Wildman–Crippen LogP) is 2.98. The largest absolute Gasteiger partial charge is 0.478 e. The third-order valence-corrected chi connectivity index (χ3v) is 4.29. The summed E-state index contributed by atoms with van der Waals surface area (Å²) in [6.07, 6.45) is 3.81. The number of anilines is 2. The molecule has 2 aromatic rings. The molecule has 3 N–H and O–H groups in total. The van der Waals surface area contributed by atoms with Gasteiger partial charge in [0.25, 0.3) is 5.91 Å². The number of aromatic nitrogens is 1. The van der Waals surface area contributed by atoms with Gasteiger partial charge in [0, 0.05) is 11.7 Å². The van der Waals surface area contributed by atoms with Crippen LogP contribution in [-0.4, -0.2) is 28.0 Å². The third-order valence-electron chi connectivity index (χ3n) is 3.37. The lowest BCUT2D eigenvalue weighted by Gasteiger charge is -2.08. The van der Waals surface area contributed by atoms with Gasteiger partial charge in [0.05, 0.1) is 11.8 Å². The molecule has 114 valence electrons. The van der Waals surface area contributed by atoms with Crippen LogP contribution in [0.25, 0.3) is 0 Å². The molecule has 1 aromatic heterocycles. The number of benzene rings is 1. The zero-order valence-electron chi connectivity index (χ0n) is 11.9. The van der Waals surface area contributed by atoms with Crippen molar-refractivity contribution in [3.63, 3.8) is 0 Å². The second kappa shape index (κ2) is 5.76. The predicted molar refractivity (Wildman–Crippen MR) is 84.9 cm³/mol. The van der Waals surface area contributed by atoms with Gasteiger partial charge in [-0.15, -0.1) is 0 Å². The molecule has 0 spiro atoms. The summed E-state index contributed by atoms with van der Waals surface area (Å²) in [5, 5.41) is 15.7. The SMILES string of the molecule is Cc1ccc(C(=O)O)cc1NC(=O)c1cnc(NC2CC2)s1. The van der Waals surface area contributed by atoms with Crippen LogP contribution >= 0.6 is 11.3 Å². The zero-order chi connectivity index (χ0) is 15.7. The molecule has 1 amide bonds. The Morgan fingerprint density at radius 3 is 2.82 bits per heavy atom. The van der Waals surface area contributed by atoms with Crippen LogP contribution in [0.15, 0.2) is 24.4 Å². The lowest BCUT2D eigenvalue weighted by atomic mass is 10.1. The molecule has 6 nitrogen and oxygen atoms in total. The van der Waals surface area contributed by atoms with Crippen molar-refractivity contribution in [2.45, 2.75) is 25.8 Å². The van der Waals surface area contributed by atoms with Crippen LogP contribution in [-0.2, 0) is 0 Å². The Labute approximate surface area is 131 Å². The number of carbonyl (C=O) groups is 2. The lowest BCUT2D eigenvalue weighted by molar-refractivity contribution is 0.0696. The minimum Gasteiger partial charge on any atom is -0.478 e. The smallest absolute Gasteiger partial charge is 0.335 e. The first kappa shape index (κ1) is 14.5. The Morgan fingerprint density at radius 2 is 2.14 bits per heavy atom. The average molecular weight is 317 g/mol. The molecule has 0 unspecified atom stereocenters. The van der Waals surface area contributed by atoms with Crippen LogP contribution < -0.4 is 10.6 Å². The number of carboxylic acid groups (broad SMARTS) is 1. The second-order valence-electron chi connectivity index (χ2n) is 5.24. The highest BCUT2D eigenvalue weighted by atomic mass is 32.1. The highest BCUT2D eigenvalue weighted by Gasteiger charge is 2.22. The van der Waals surface area contributed by atoms with Crippen LogP contribution in [0.1, 0.15) is 38.4 Å². The van der Waals surface area contributed by atoms with Gasteiger partial charge in [0.1, 0.15) is 4.88 Å². The number of nitrogens with zero attached hydrogens (tertiary/aromatic N) is 1. The van der Waals surface area contributed by atoms with Gasteiger partial charge in [-0.05, 0) is 37.5 Å². The first-order valence-electron chi connectivity index (χ1n) is 6.90. The van der Waals surface area contributed by atoms with Gasteiger partial charge in [0.15, 0.2) is 5.13 Å². The maximum absolute atomic E-state index is 12.2. The fourth-order valence-electron chi connectivity index (χ4n) is 1.92. The Balaban J connectivity index is 1.74. The Bertz CT molecular complexity index is 737. The van der Waals surface area contributed by atoms with Crippen LogP contribution in [0.3, 0.4) is 0 Å². The van der Waals surface area contributed by atoms with Crippen molar-refractivity contribution >= 4 is 34.0 Å². The molecular formula is C15H15N3O3S. The maximum Gasteiger partial charge on any atom is 0.335 e. The number of rotatable bonds is 5. The van der Waals surface area contributed by atoms with E-state index in [-0.39, 0.29) is 11.5 Å². The summed E-state index contributed by atoms with van der Waals surface area (Å²) in [5.41, 5.74) is 1.44. The Hall–Kier alpha value is -2.41. The average Bonchev–Trinajstić information content (AvgIpc) is 3.16. The standard InChI is InChI=1S/C15H15N3O3S/c1-8-2-3-9(14(20)21)6-11(8)18-13(19)12-7-16-15(22-12)17-10-4-5-10/h2-3,6-7,10H,4-5H2,1H3,(H,16,17)(H,18,19)(H,20,21). The first-order valence-corrected chi connectivity index (χ1v) is 7.72. The summed E-state index contributed by atoms with van der Waals surface area (Å²) in [6.45, 7) is 1.81. The molecule has 0 atom stereocenters. The van der Waals surface area contributed by atoms with E-state index in [2.05, 4.69) is 15.6 Å². The van der Waals surface area contributed by atoms with E-state index in [1.54, 1.807) is 6.07 Å². The summed E-state index contributed by atoms with van der Waals surface area (Å²) in [4.78, 5) is 27.9. The van der Waals surface area contributed by atoms with Gasteiger partial charge in [-0.3, -0.25) is 4.79 Å². The topological polar surface area (TPSA) is 91.3 Å². The molecule has 1 aliphatic carbocycles. The normalized spacial score (nSPS) is 13.7. The van der Waals surface area contributed by atoms with Gasteiger partial charge in [0.2, 0.25) is 0 Å². The third kappa shape index (κ3) is 3.25. The summed E-state index contributed by atoms with van der Waals surface area (Å²) < 4.78 is 0. The Kier molecular flexibility index (Phi) is 3.81. The molecular weight excluding hydrogens is 302 g/mol. The monoisotopic (exact) mass is 317 g/mol. The van der Waals surface area contributed by atoms with E-state index in [9.17, 15) is 9.59 Å². The van der Waals surface area contributed by atoms with Crippen LogP contribution in [0, 0.1) is 6.92 Å². The summed E-state index contributed by atoms with van der Waals surface area (Å²) in [5.74, 6) is -1.31. The van der Waals surface area contributed by atoms with Crippen LogP contribution in [0.5, 0.6) is 0 Å². The van der Waals surface area contributed by atoms with Gasteiger partial charge in [-0.25, -0.2) is 9.78 Å². The lowest BCUT2D eigenvalue weighted by Crippen LogP contribution is -2.12. The van der Waals surface area contributed by atoms with Crippen molar-refractivity contribution in [2.75, 3.05) is 10.6 Å². The fraction of sp³-hybridized carbons (Fsp3) is 0.267.